The molecule has 1 unspecified atom stereocenters. The van der Waals surface area contributed by atoms with Crippen molar-refractivity contribution in [1.82, 2.24) is 25.6 Å². The molecule has 2 atom stereocenters. The van der Waals surface area contributed by atoms with Gasteiger partial charge in [0, 0.05) is 64.1 Å². The van der Waals surface area contributed by atoms with E-state index >= 15 is 4.39 Å². The van der Waals surface area contributed by atoms with Gasteiger partial charge in [0.25, 0.3) is 0 Å². The SMILES string of the molecule is CC(=O)NC[C@H]1CN(C2=CCC(N3CCNN(Cc4ccc(N5CCOCC5)cc4)CC3)C(F)=C2)C(=O)O1. The van der Waals surface area contributed by atoms with Crippen molar-refractivity contribution in [3.05, 3.63) is 53.5 Å². The number of benzene rings is 1. The van der Waals surface area contributed by atoms with E-state index in [1.807, 2.05) is 6.08 Å². The number of amides is 2. The van der Waals surface area contributed by atoms with Gasteiger partial charge in [-0.25, -0.2) is 14.2 Å². The van der Waals surface area contributed by atoms with Crippen LogP contribution in [-0.2, 0) is 20.8 Å². The summed E-state index contributed by atoms with van der Waals surface area (Å²) in [7, 11) is 0. The predicted molar refractivity (Wildman–Crippen MR) is 141 cm³/mol. The van der Waals surface area contributed by atoms with Gasteiger partial charge >= 0.3 is 6.09 Å². The fourth-order valence-corrected chi connectivity index (χ4v) is 5.34. The second-order valence-electron chi connectivity index (χ2n) is 10.1. The molecule has 1 aromatic rings. The van der Waals surface area contributed by atoms with Crippen molar-refractivity contribution in [1.29, 1.82) is 0 Å². The Hall–Kier alpha value is -2.99. The van der Waals surface area contributed by atoms with Crippen LogP contribution >= 0.6 is 0 Å². The van der Waals surface area contributed by atoms with Crippen LogP contribution in [-0.4, -0.2) is 105 Å². The number of rotatable bonds is 7. The molecule has 5 rings (SSSR count). The summed E-state index contributed by atoms with van der Waals surface area (Å²) in [5.41, 5.74) is 6.46. The first-order chi connectivity index (χ1) is 18.5. The summed E-state index contributed by atoms with van der Waals surface area (Å²) in [6.45, 7) is 9.09. The molecule has 206 valence electrons. The number of nitrogens with one attached hydrogen (secondary N) is 2. The molecule has 2 amide bonds. The Bertz CT molecular complexity index is 1060. The molecule has 1 aliphatic carbocycles. The van der Waals surface area contributed by atoms with Crippen LogP contribution in [0.1, 0.15) is 18.9 Å². The number of carbonyl (C=O) groups excluding carboxylic acids is 2. The van der Waals surface area contributed by atoms with Crippen LogP contribution in [0.15, 0.2) is 47.9 Å². The Morgan fingerprint density at radius 3 is 2.66 bits per heavy atom. The normalized spacial score (nSPS) is 25.5. The molecule has 3 saturated heterocycles. The largest absolute Gasteiger partial charge is 0.442 e. The van der Waals surface area contributed by atoms with Crippen LogP contribution in [0, 0.1) is 0 Å². The zero-order valence-electron chi connectivity index (χ0n) is 21.9. The number of halogens is 1. The van der Waals surface area contributed by atoms with Crippen molar-refractivity contribution in [3.63, 3.8) is 0 Å². The third-order valence-corrected chi connectivity index (χ3v) is 7.44. The van der Waals surface area contributed by atoms with E-state index in [1.165, 1.54) is 29.2 Å². The minimum atomic E-state index is -0.512. The van der Waals surface area contributed by atoms with Crippen LogP contribution in [0.5, 0.6) is 0 Å². The number of hydrogen-bond donors (Lipinski definition) is 2. The quantitative estimate of drug-likeness (QED) is 0.552. The fourth-order valence-electron chi connectivity index (χ4n) is 5.34. The summed E-state index contributed by atoms with van der Waals surface area (Å²) in [5, 5.41) is 4.86. The molecule has 0 bridgehead atoms. The molecule has 3 heterocycles. The standard InChI is InChI=1S/C27H37FN6O4/c1-20(35)29-17-24-19-34(27(36)38-24)23-6-7-26(25(28)16-23)32-9-8-30-33(11-10-32)18-21-2-4-22(5-3-21)31-12-14-37-15-13-31/h2-6,16,24,26,30H,7-15,17-19H2,1H3,(H,29,35)/t24-,26?/m0/s1. The Labute approximate surface area is 223 Å². The highest BCUT2D eigenvalue weighted by atomic mass is 19.1. The molecule has 0 aromatic heterocycles. The van der Waals surface area contributed by atoms with Crippen molar-refractivity contribution in [2.45, 2.75) is 32.0 Å². The summed E-state index contributed by atoms with van der Waals surface area (Å²) >= 11 is 0. The van der Waals surface area contributed by atoms with E-state index in [-0.39, 0.29) is 30.9 Å². The number of anilines is 1. The van der Waals surface area contributed by atoms with Crippen molar-refractivity contribution in [3.8, 4) is 0 Å². The van der Waals surface area contributed by atoms with Gasteiger partial charge in [-0.1, -0.05) is 18.2 Å². The number of ether oxygens (including phenoxy) is 2. The maximum Gasteiger partial charge on any atom is 0.414 e. The first kappa shape index (κ1) is 26.6. The summed E-state index contributed by atoms with van der Waals surface area (Å²) in [5.74, 6) is -0.426. The van der Waals surface area contributed by atoms with Crippen LogP contribution < -0.4 is 15.6 Å². The molecule has 3 aliphatic heterocycles. The van der Waals surface area contributed by atoms with E-state index in [1.54, 1.807) is 0 Å². The highest BCUT2D eigenvalue weighted by Gasteiger charge is 2.35. The Balaban J connectivity index is 1.12. The lowest BCUT2D eigenvalue weighted by Crippen LogP contribution is -2.40. The minimum Gasteiger partial charge on any atom is -0.442 e. The first-order valence-electron chi connectivity index (χ1n) is 13.4. The van der Waals surface area contributed by atoms with Crippen molar-refractivity contribution < 1.29 is 23.5 Å². The molecular formula is C27H37FN6O4. The number of morpholine rings is 1. The summed E-state index contributed by atoms with van der Waals surface area (Å²) in [6, 6.07) is 8.36. The van der Waals surface area contributed by atoms with Gasteiger partial charge in [0.05, 0.1) is 32.3 Å². The van der Waals surface area contributed by atoms with Crippen molar-refractivity contribution in [2.24, 2.45) is 0 Å². The van der Waals surface area contributed by atoms with Crippen LogP contribution in [0.3, 0.4) is 0 Å². The molecule has 0 spiro atoms. The molecule has 0 saturated carbocycles. The van der Waals surface area contributed by atoms with E-state index in [9.17, 15) is 9.59 Å². The monoisotopic (exact) mass is 528 g/mol. The molecular weight excluding hydrogens is 491 g/mol. The van der Waals surface area contributed by atoms with Gasteiger partial charge in [0.2, 0.25) is 5.91 Å². The van der Waals surface area contributed by atoms with Gasteiger partial charge in [-0.15, -0.1) is 0 Å². The van der Waals surface area contributed by atoms with Crippen molar-refractivity contribution >= 4 is 17.7 Å². The highest BCUT2D eigenvalue weighted by Crippen LogP contribution is 2.28. The zero-order valence-corrected chi connectivity index (χ0v) is 21.9. The van der Waals surface area contributed by atoms with Gasteiger partial charge in [-0.3, -0.25) is 20.0 Å². The van der Waals surface area contributed by atoms with E-state index in [0.29, 0.717) is 12.1 Å². The highest BCUT2D eigenvalue weighted by molar-refractivity contribution is 5.74. The van der Waals surface area contributed by atoms with E-state index in [0.717, 1.165) is 59.0 Å². The van der Waals surface area contributed by atoms with Gasteiger partial charge < -0.3 is 19.7 Å². The van der Waals surface area contributed by atoms with Crippen LogP contribution in [0.25, 0.3) is 0 Å². The first-order valence-corrected chi connectivity index (χ1v) is 13.4. The lowest BCUT2D eigenvalue weighted by Gasteiger charge is -2.31. The average molecular weight is 529 g/mol. The Morgan fingerprint density at radius 2 is 1.92 bits per heavy atom. The fraction of sp³-hybridized carbons (Fsp3) is 0.556. The van der Waals surface area contributed by atoms with Gasteiger partial charge in [0.1, 0.15) is 11.9 Å². The Morgan fingerprint density at radius 1 is 1.13 bits per heavy atom. The average Bonchev–Trinajstić information content (AvgIpc) is 3.15. The van der Waals surface area contributed by atoms with Gasteiger partial charge in [-0.05, 0) is 30.2 Å². The topological polar surface area (TPSA) is 89.6 Å². The second kappa shape index (κ2) is 12.2. The number of carbonyl (C=O) groups is 2. The van der Waals surface area contributed by atoms with E-state index < -0.39 is 12.2 Å². The Kier molecular flexibility index (Phi) is 8.58. The molecule has 10 nitrogen and oxygen atoms in total. The number of nitrogens with zero attached hydrogens (tertiary/aromatic N) is 4. The number of allylic oxidation sites excluding steroid dienone is 1. The molecule has 38 heavy (non-hydrogen) atoms. The maximum atomic E-state index is 15.3. The van der Waals surface area contributed by atoms with E-state index in [2.05, 4.69) is 49.8 Å². The summed E-state index contributed by atoms with van der Waals surface area (Å²) in [6.07, 6.45) is 2.88. The molecule has 2 N–H and O–H groups in total. The van der Waals surface area contributed by atoms with Gasteiger partial charge in [0.15, 0.2) is 0 Å². The molecule has 4 aliphatic rings. The number of cyclic esters (lactones) is 1. The lowest BCUT2D eigenvalue weighted by atomic mass is 10.0. The minimum absolute atomic E-state index is 0.183. The van der Waals surface area contributed by atoms with E-state index in [4.69, 9.17) is 9.47 Å². The zero-order chi connectivity index (χ0) is 26.5. The molecule has 0 radical (unpaired) electrons. The van der Waals surface area contributed by atoms with Crippen LogP contribution in [0.4, 0.5) is 14.9 Å². The lowest BCUT2D eigenvalue weighted by molar-refractivity contribution is -0.119. The third kappa shape index (κ3) is 6.52. The summed E-state index contributed by atoms with van der Waals surface area (Å²) in [4.78, 5) is 29.4. The second-order valence-corrected chi connectivity index (χ2v) is 10.1. The molecule has 3 fully saturated rings. The number of hydrazine groups is 1. The summed E-state index contributed by atoms with van der Waals surface area (Å²) < 4.78 is 26.0. The predicted octanol–water partition coefficient (Wildman–Crippen LogP) is 1.61. The van der Waals surface area contributed by atoms with Crippen molar-refractivity contribution in [2.75, 3.05) is 70.5 Å². The molecule has 1 aromatic carbocycles. The van der Waals surface area contributed by atoms with Crippen LogP contribution in [0.2, 0.25) is 0 Å². The third-order valence-electron chi connectivity index (χ3n) is 7.44. The number of hydrogen-bond acceptors (Lipinski definition) is 8. The maximum absolute atomic E-state index is 15.3. The van der Waals surface area contributed by atoms with Gasteiger partial charge in [-0.2, -0.15) is 0 Å². The molecule has 11 heteroatoms. The smallest absolute Gasteiger partial charge is 0.414 e.